The molecule has 16 heavy (non-hydrogen) atoms. The summed E-state index contributed by atoms with van der Waals surface area (Å²) < 4.78 is 0. The Kier molecular flexibility index (Phi) is 4.31. The molecule has 0 aliphatic carbocycles. The minimum Gasteiger partial charge on any atom is -0.399 e. The molecule has 0 saturated carbocycles. The van der Waals surface area contributed by atoms with Gasteiger partial charge in [0, 0.05) is 26.3 Å². The van der Waals surface area contributed by atoms with E-state index in [1.54, 1.807) is 19.0 Å². The van der Waals surface area contributed by atoms with Crippen molar-refractivity contribution in [1.82, 2.24) is 9.80 Å². The maximum absolute atomic E-state index is 11.5. The van der Waals surface area contributed by atoms with Crippen molar-refractivity contribution < 1.29 is 4.79 Å². The topological polar surface area (TPSA) is 49.6 Å². The fourth-order valence-corrected chi connectivity index (χ4v) is 1.36. The van der Waals surface area contributed by atoms with Crippen molar-refractivity contribution in [3.8, 4) is 0 Å². The van der Waals surface area contributed by atoms with Crippen LogP contribution in [-0.2, 0) is 11.3 Å². The van der Waals surface area contributed by atoms with Crippen LogP contribution >= 0.6 is 0 Å². The molecule has 0 heterocycles. The summed E-state index contributed by atoms with van der Waals surface area (Å²) in [7, 11) is 5.45. The van der Waals surface area contributed by atoms with Gasteiger partial charge in [0.15, 0.2) is 0 Å². The van der Waals surface area contributed by atoms with Gasteiger partial charge in [-0.05, 0) is 24.7 Å². The summed E-state index contributed by atoms with van der Waals surface area (Å²) in [5, 5.41) is 0. The molecule has 0 unspecified atom stereocenters. The molecule has 1 aromatic rings. The zero-order valence-electron chi connectivity index (χ0n) is 10.1. The average molecular weight is 221 g/mol. The molecule has 0 aromatic heterocycles. The highest BCUT2D eigenvalue weighted by Crippen LogP contribution is 2.07. The third-order valence-corrected chi connectivity index (χ3v) is 2.34. The Morgan fingerprint density at radius 1 is 1.19 bits per heavy atom. The van der Waals surface area contributed by atoms with E-state index in [2.05, 4.69) is 0 Å². The molecule has 1 aromatic carbocycles. The molecule has 0 bridgehead atoms. The summed E-state index contributed by atoms with van der Waals surface area (Å²) in [6.07, 6.45) is 0. The monoisotopic (exact) mass is 221 g/mol. The van der Waals surface area contributed by atoms with E-state index in [9.17, 15) is 4.79 Å². The van der Waals surface area contributed by atoms with Gasteiger partial charge in [-0.1, -0.05) is 12.1 Å². The second-order valence-electron chi connectivity index (χ2n) is 4.20. The Bertz CT molecular complexity index is 346. The summed E-state index contributed by atoms with van der Waals surface area (Å²) in [5.41, 5.74) is 7.52. The molecule has 0 spiro atoms. The number of nitrogen functional groups attached to an aromatic ring is 1. The van der Waals surface area contributed by atoms with E-state index in [0.717, 1.165) is 17.8 Å². The number of likely N-dealkylation sites (N-methyl/N-ethyl adjacent to an activating group) is 2. The van der Waals surface area contributed by atoms with Crippen molar-refractivity contribution in [2.75, 3.05) is 33.4 Å². The maximum atomic E-state index is 11.5. The number of hydrogen-bond donors (Lipinski definition) is 1. The van der Waals surface area contributed by atoms with Crippen LogP contribution in [0.1, 0.15) is 5.56 Å². The van der Waals surface area contributed by atoms with Gasteiger partial charge in [0.2, 0.25) is 5.91 Å². The van der Waals surface area contributed by atoms with Crippen LogP contribution in [0.3, 0.4) is 0 Å². The molecule has 0 aliphatic rings. The first kappa shape index (κ1) is 12.5. The lowest BCUT2D eigenvalue weighted by Crippen LogP contribution is -2.34. The smallest absolute Gasteiger partial charge is 0.236 e. The molecule has 0 fully saturated rings. The summed E-state index contributed by atoms with van der Waals surface area (Å²) in [5.74, 6) is 0.109. The predicted molar refractivity (Wildman–Crippen MR) is 65.9 cm³/mol. The van der Waals surface area contributed by atoms with Crippen molar-refractivity contribution in [3.63, 3.8) is 0 Å². The first-order valence-corrected chi connectivity index (χ1v) is 5.22. The van der Waals surface area contributed by atoms with E-state index < -0.39 is 0 Å². The number of rotatable bonds is 4. The van der Waals surface area contributed by atoms with Gasteiger partial charge in [-0.3, -0.25) is 9.69 Å². The molecule has 0 saturated heterocycles. The molecule has 0 radical (unpaired) electrons. The highest BCUT2D eigenvalue weighted by Gasteiger charge is 2.08. The second kappa shape index (κ2) is 5.51. The number of nitrogens with zero attached hydrogens (tertiary/aromatic N) is 2. The van der Waals surface area contributed by atoms with Gasteiger partial charge >= 0.3 is 0 Å². The number of hydrogen-bond acceptors (Lipinski definition) is 3. The molecule has 4 nitrogen and oxygen atoms in total. The summed E-state index contributed by atoms with van der Waals surface area (Å²) >= 11 is 0. The lowest BCUT2D eigenvalue weighted by Gasteiger charge is -2.18. The quantitative estimate of drug-likeness (QED) is 0.765. The fraction of sp³-hybridized carbons (Fsp3) is 0.417. The molecule has 0 atom stereocenters. The first-order valence-electron chi connectivity index (χ1n) is 5.22. The largest absolute Gasteiger partial charge is 0.399 e. The van der Waals surface area contributed by atoms with Gasteiger partial charge in [0.05, 0.1) is 6.54 Å². The zero-order chi connectivity index (χ0) is 12.1. The maximum Gasteiger partial charge on any atom is 0.236 e. The van der Waals surface area contributed by atoms with Crippen molar-refractivity contribution in [3.05, 3.63) is 29.8 Å². The highest BCUT2D eigenvalue weighted by molar-refractivity contribution is 5.77. The number of carbonyl (C=O) groups is 1. The average Bonchev–Trinajstić information content (AvgIpc) is 2.21. The zero-order valence-corrected chi connectivity index (χ0v) is 10.1. The van der Waals surface area contributed by atoms with Crippen LogP contribution in [0.4, 0.5) is 5.69 Å². The Morgan fingerprint density at radius 2 is 1.75 bits per heavy atom. The van der Waals surface area contributed by atoms with Gasteiger partial charge in [-0.25, -0.2) is 0 Å². The molecular formula is C12H19N3O. The lowest BCUT2D eigenvalue weighted by atomic mass is 10.2. The van der Waals surface area contributed by atoms with Crippen LogP contribution < -0.4 is 5.73 Å². The van der Waals surface area contributed by atoms with Gasteiger partial charge in [-0.2, -0.15) is 0 Å². The van der Waals surface area contributed by atoms with E-state index in [1.807, 2.05) is 36.2 Å². The molecule has 1 amide bonds. The molecular weight excluding hydrogens is 202 g/mol. The Hall–Kier alpha value is -1.55. The lowest BCUT2D eigenvalue weighted by molar-refractivity contribution is -0.129. The second-order valence-corrected chi connectivity index (χ2v) is 4.20. The molecule has 2 N–H and O–H groups in total. The predicted octanol–water partition coefficient (Wildman–Crippen LogP) is 0.789. The third-order valence-electron chi connectivity index (χ3n) is 2.34. The van der Waals surface area contributed by atoms with Crippen LogP contribution in [0.2, 0.25) is 0 Å². The standard InChI is InChI=1S/C12H19N3O/c1-14(2)12(16)9-15(3)8-10-4-6-11(13)7-5-10/h4-7H,8-9,13H2,1-3H3. The van der Waals surface area contributed by atoms with Gasteiger partial charge in [0.1, 0.15) is 0 Å². The van der Waals surface area contributed by atoms with E-state index >= 15 is 0 Å². The summed E-state index contributed by atoms with van der Waals surface area (Å²) in [6.45, 7) is 1.18. The number of carbonyl (C=O) groups excluding carboxylic acids is 1. The van der Waals surface area contributed by atoms with Gasteiger partial charge < -0.3 is 10.6 Å². The SMILES string of the molecule is CN(CC(=O)N(C)C)Cc1ccc(N)cc1. The van der Waals surface area contributed by atoms with E-state index in [4.69, 9.17) is 5.73 Å². The van der Waals surface area contributed by atoms with Crippen LogP contribution in [0.5, 0.6) is 0 Å². The third kappa shape index (κ3) is 3.90. The van der Waals surface area contributed by atoms with Crippen LogP contribution in [0.15, 0.2) is 24.3 Å². The van der Waals surface area contributed by atoms with Crippen LogP contribution in [0, 0.1) is 0 Å². The van der Waals surface area contributed by atoms with Crippen molar-refractivity contribution in [1.29, 1.82) is 0 Å². The first-order chi connectivity index (χ1) is 7.49. The van der Waals surface area contributed by atoms with Gasteiger partial charge in [0.25, 0.3) is 0 Å². The minimum absolute atomic E-state index is 0.109. The number of amides is 1. The normalized spacial score (nSPS) is 10.5. The Balaban J connectivity index is 2.48. The molecule has 4 heteroatoms. The fourth-order valence-electron chi connectivity index (χ4n) is 1.36. The van der Waals surface area contributed by atoms with Crippen molar-refractivity contribution >= 4 is 11.6 Å². The van der Waals surface area contributed by atoms with Crippen molar-refractivity contribution in [2.24, 2.45) is 0 Å². The molecule has 0 aliphatic heterocycles. The highest BCUT2D eigenvalue weighted by atomic mass is 16.2. The summed E-state index contributed by atoms with van der Waals surface area (Å²) in [4.78, 5) is 15.0. The van der Waals surface area contributed by atoms with Crippen LogP contribution in [-0.4, -0.2) is 43.4 Å². The van der Waals surface area contributed by atoms with E-state index in [0.29, 0.717) is 6.54 Å². The van der Waals surface area contributed by atoms with Gasteiger partial charge in [-0.15, -0.1) is 0 Å². The summed E-state index contributed by atoms with van der Waals surface area (Å²) in [6, 6.07) is 7.70. The van der Waals surface area contributed by atoms with Crippen molar-refractivity contribution in [2.45, 2.75) is 6.54 Å². The molecule has 88 valence electrons. The number of anilines is 1. The number of nitrogens with two attached hydrogens (primary N) is 1. The Morgan fingerprint density at radius 3 is 2.25 bits per heavy atom. The Labute approximate surface area is 96.6 Å². The molecule has 1 rings (SSSR count). The number of benzene rings is 1. The van der Waals surface area contributed by atoms with E-state index in [-0.39, 0.29) is 5.91 Å². The van der Waals surface area contributed by atoms with E-state index in [1.165, 1.54) is 0 Å². The van der Waals surface area contributed by atoms with Crippen LogP contribution in [0.25, 0.3) is 0 Å². The minimum atomic E-state index is 0.109.